The summed E-state index contributed by atoms with van der Waals surface area (Å²) in [6.45, 7) is 3.09. The fourth-order valence-corrected chi connectivity index (χ4v) is 3.59. The molecule has 0 saturated carbocycles. The molecule has 0 fully saturated rings. The van der Waals surface area contributed by atoms with Gasteiger partial charge in [0.05, 0.1) is 10.5 Å². The number of hydrogen-bond acceptors (Lipinski definition) is 1. The second-order valence-electron chi connectivity index (χ2n) is 6.08. The van der Waals surface area contributed by atoms with Gasteiger partial charge in [-0.15, -0.1) is 0 Å². The van der Waals surface area contributed by atoms with E-state index in [0.717, 1.165) is 36.6 Å². The molecule has 0 radical (unpaired) electrons. The summed E-state index contributed by atoms with van der Waals surface area (Å²) in [5.74, 6) is 0. The molecule has 2 heterocycles. The number of fused-ring (bicyclic) bond motifs is 1. The average Bonchev–Trinajstić information content (AvgIpc) is 3.02. The molecule has 1 aliphatic heterocycles. The van der Waals surface area contributed by atoms with Crippen LogP contribution in [-0.2, 0) is 6.54 Å². The first kappa shape index (κ1) is 14.6. The third kappa shape index (κ3) is 2.92. The summed E-state index contributed by atoms with van der Waals surface area (Å²) >= 11 is 6.28. The first-order valence-electron chi connectivity index (χ1n) is 8.02. The van der Waals surface area contributed by atoms with E-state index in [1.165, 1.54) is 22.1 Å². The zero-order chi connectivity index (χ0) is 15.6. The van der Waals surface area contributed by atoms with Crippen LogP contribution in [0.15, 0.2) is 60.8 Å². The molecule has 0 bridgehead atoms. The Morgan fingerprint density at radius 3 is 2.78 bits per heavy atom. The van der Waals surface area contributed by atoms with Gasteiger partial charge >= 0.3 is 0 Å². The summed E-state index contributed by atoms with van der Waals surface area (Å²) in [6, 6.07) is 16.8. The summed E-state index contributed by atoms with van der Waals surface area (Å²) in [5.41, 5.74) is 5.07. The van der Waals surface area contributed by atoms with E-state index >= 15 is 0 Å². The molecule has 4 rings (SSSR count). The van der Waals surface area contributed by atoms with Crippen LogP contribution in [0.2, 0.25) is 5.02 Å². The minimum Gasteiger partial charge on any atom is -0.359 e. The zero-order valence-corrected chi connectivity index (χ0v) is 13.7. The highest BCUT2D eigenvalue weighted by atomic mass is 35.5. The molecule has 0 atom stereocenters. The summed E-state index contributed by atoms with van der Waals surface area (Å²) in [5, 5.41) is 2.00. The molecule has 23 heavy (non-hydrogen) atoms. The van der Waals surface area contributed by atoms with Gasteiger partial charge in [-0.05, 0) is 23.6 Å². The second-order valence-corrected chi connectivity index (χ2v) is 6.49. The Labute approximate surface area is 141 Å². The van der Waals surface area contributed by atoms with Crippen LogP contribution in [-0.4, -0.2) is 23.0 Å². The molecule has 2 aromatic carbocycles. The van der Waals surface area contributed by atoms with Gasteiger partial charge in [0.25, 0.3) is 0 Å². The molecule has 1 N–H and O–H groups in total. The van der Waals surface area contributed by atoms with Gasteiger partial charge in [0.15, 0.2) is 0 Å². The fourth-order valence-electron chi connectivity index (χ4n) is 3.36. The number of benzene rings is 2. The van der Waals surface area contributed by atoms with Gasteiger partial charge in [0.1, 0.15) is 0 Å². The van der Waals surface area contributed by atoms with Crippen molar-refractivity contribution in [1.29, 1.82) is 0 Å². The van der Waals surface area contributed by atoms with E-state index in [1.807, 2.05) is 12.1 Å². The minimum atomic E-state index is 0.784. The third-order valence-electron chi connectivity index (χ3n) is 4.49. The van der Waals surface area contributed by atoms with Crippen LogP contribution in [0.5, 0.6) is 0 Å². The van der Waals surface area contributed by atoms with Crippen LogP contribution >= 0.6 is 11.6 Å². The molecular weight excluding hydrogens is 304 g/mol. The normalized spacial score (nSPS) is 15.8. The number of nitrogens with zero attached hydrogens (tertiary/aromatic N) is 1. The second kappa shape index (κ2) is 6.23. The maximum Gasteiger partial charge on any atom is 0.0649 e. The lowest BCUT2D eigenvalue weighted by Gasteiger charge is -2.27. The first-order chi connectivity index (χ1) is 11.3. The number of nitrogens with one attached hydrogen (secondary N) is 1. The van der Waals surface area contributed by atoms with Crippen molar-refractivity contribution in [3.05, 3.63) is 77.0 Å². The van der Waals surface area contributed by atoms with E-state index in [-0.39, 0.29) is 0 Å². The molecule has 2 nitrogen and oxygen atoms in total. The zero-order valence-electron chi connectivity index (χ0n) is 12.9. The Bertz CT molecular complexity index is 848. The SMILES string of the molecule is Clc1cccc2c(C3=CCCN(Cc4ccccc4)C3)c[nH]c12. The average molecular weight is 323 g/mol. The molecule has 1 aliphatic rings. The Morgan fingerprint density at radius 1 is 1.04 bits per heavy atom. The van der Waals surface area contributed by atoms with Crippen LogP contribution in [0.25, 0.3) is 16.5 Å². The topological polar surface area (TPSA) is 19.0 Å². The standard InChI is InChI=1S/C20H19ClN2/c21-19-10-4-9-17-18(12-22-20(17)19)16-8-5-11-23(14-16)13-15-6-2-1-3-7-15/h1-4,6-10,12,22H,5,11,13-14H2. The molecule has 0 spiro atoms. The number of H-pyrrole nitrogens is 1. The lowest BCUT2D eigenvalue weighted by molar-refractivity contribution is 0.296. The van der Waals surface area contributed by atoms with Gasteiger partial charge in [-0.1, -0.05) is 60.1 Å². The van der Waals surface area contributed by atoms with Gasteiger partial charge in [0, 0.05) is 36.8 Å². The van der Waals surface area contributed by atoms with Crippen molar-refractivity contribution in [3.63, 3.8) is 0 Å². The Kier molecular flexibility index (Phi) is 3.94. The van der Waals surface area contributed by atoms with Gasteiger partial charge in [-0.2, -0.15) is 0 Å². The molecule has 116 valence electrons. The Morgan fingerprint density at radius 2 is 1.91 bits per heavy atom. The van der Waals surface area contributed by atoms with Crippen LogP contribution in [0.4, 0.5) is 0 Å². The van der Waals surface area contributed by atoms with Crippen molar-refractivity contribution in [2.24, 2.45) is 0 Å². The highest BCUT2D eigenvalue weighted by Gasteiger charge is 2.17. The van der Waals surface area contributed by atoms with Crippen molar-refractivity contribution in [3.8, 4) is 0 Å². The quantitative estimate of drug-likeness (QED) is 0.710. The van der Waals surface area contributed by atoms with E-state index in [9.17, 15) is 0 Å². The van der Waals surface area contributed by atoms with Crippen LogP contribution in [0, 0.1) is 0 Å². The summed E-state index contributed by atoms with van der Waals surface area (Å²) in [4.78, 5) is 5.83. The van der Waals surface area contributed by atoms with Crippen molar-refractivity contribution >= 4 is 28.1 Å². The van der Waals surface area contributed by atoms with Crippen molar-refractivity contribution in [1.82, 2.24) is 9.88 Å². The van der Waals surface area contributed by atoms with Gasteiger partial charge in [-0.3, -0.25) is 4.90 Å². The highest BCUT2D eigenvalue weighted by Crippen LogP contribution is 2.31. The van der Waals surface area contributed by atoms with E-state index < -0.39 is 0 Å². The summed E-state index contributed by atoms with van der Waals surface area (Å²) < 4.78 is 0. The number of para-hydroxylation sites is 1. The van der Waals surface area contributed by atoms with Crippen LogP contribution in [0.3, 0.4) is 0 Å². The summed E-state index contributed by atoms with van der Waals surface area (Å²) in [6.07, 6.45) is 5.55. The van der Waals surface area contributed by atoms with Gasteiger partial charge in [-0.25, -0.2) is 0 Å². The minimum absolute atomic E-state index is 0.784. The highest BCUT2D eigenvalue weighted by molar-refractivity contribution is 6.35. The fraction of sp³-hybridized carbons (Fsp3) is 0.200. The lowest BCUT2D eigenvalue weighted by Crippen LogP contribution is -2.28. The molecule has 3 aromatic rings. The summed E-state index contributed by atoms with van der Waals surface area (Å²) in [7, 11) is 0. The van der Waals surface area contributed by atoms with E-state index in [4.69, 9.17) is 11.6 Å². The van der Waals surface area contributed by atoms with E-state index in [2.05, 4.69) is 58.6 Å². The molecule has 0 saturated heterocycles. The number of aromatic nitrogens is 1. The van der Waals surface area contributed by atoms with Gasteiger partial charge < -0.3 is 4.98 Å². The van der Waals surface area contributed by atoms with E-state index in [0.29, 0.717) is 0 Å². The Hall–Kier alpha value is -2.03. The molecular formula is C20H19ClN2. The molecule has 0 amide bonds. The lowest BCUT2D eigenvalue weighted by atomic mass is 10.00. The van der Waals surface area contributed by atoms with Gasteiger partial charge in [0.2, 0.25) is 0 Å². The molecule has 1 aromatic heterocycles. The predicted octanol–water partition coefficient (Wildman–Crippen LogP) is 5.11. The van der Waals surface area contributed by atoms with Crippen LogP contribution < -0.4 is 0 Å². The predicted molar refractivity (Wildman–Crippen MR) is 97.6 cm³/mol. The number of aromatic amines is 1. The first-order valence-corrected chi connectivity index (χ1v) is 8.40. The number of hydrogen-bond donors (Lipinski definition) is 1. The smallest absolute Gasteiger partial charge is 0.0649 e. The maximum atomic E-state index is 6.28. The number of halogens is 1. The number of rotatable bonds is 3. The molecule has 3 heteroatoms. The molecule has 0 aliphatic carbocycles. The van der Waals surface area contributed by atoms with E-state index in [1.54, 1.807) is 0 Å². The Balaban J connectivity index is 1.59. The molecule has 0 unspecified atom stereocenters. The third-order valence-corrected chi connectivity index (χ3v) is 4.80. The maximum absolute atomic E-state index is 6.28. The van der Waals surface area contributed by atoms with Crippen LogP contribution in [0.1, 0.15) is 17.5 Å². The van der Waals surface area contributed by atoms with Crippen molar-refractivity contribution in [2.75, 3.05) is 13.1 Å². The largest absolute Gasteiger partial charge is 0.359 e. The van der Waals surface area contributed by atoms with Crippen molar-refractivity contribution < 1.29 is 0 Å². The monoisotopic (exact) mass is 322 g/mol. The van der Waals surface area contributed by atoms with Crippen molar-refractivity contribution in [2.45, 2.75) is 13.0 Å².